The van der Waals surface area contributed by atoms with Crippen molar-refractivity contribution >= 4 is 0 Å². The van der Waals surface area contributed by atoms with Crippen molar-refractivity contribution in [1.82, 2.24) is 20.2 Å². The van der Waals surface area contributed by atoms with E-state index in [-0.39, 0.29) is 0 Å². The SMILES string of the molecule is CCCc1nc(-c2ccncc2OC)n[nH]1. The molecule has 0 aliphatic heterocycles. The molecule has 0 atom stereocenters. The van der Waals surface area contributed by atoms with E-state index >= 15 is 0 Å². The molecule has 0 saturated carbocycles. The first-order valence-electron chi connectivity index (χ1n) is 5.24. The summed E-state index contributed by atoms with van der Waals surface area (Å²) in [6.07, 6.45) is 5.31. The van der Waals surface area contributed by atoms with Crippen LogP contribution in [0, 0.1) is 0 Å². The third-order valence-electron chi connectivity index (χ3n) is 2.26. The van der Waals surface area contributed by atoms with Crippen LogP contribution in [0.4, 0.5) is 0 Å². The number of aromatic amines is 1. The van der Waals surface area contributed by atoms with Gasteiger partial charge in [0.1, 0.15) is 11.6 Å². The average molecular weight is 218 g/mol. The Morgan fingerprint density at radius 1 is 1.44 bits per heavy atom. The molecule has 5 heteroatoms. The predicted octanol–water partition coefficient (Wildman–Crippen LogP) is 1.83. The standard InChI is InChI=1S/C11H14N4O/c1-3-4-10-13-11(15-14-10)8-5-6-12-7-9(8)16-2/h5-7H,3-4H2,1-2H3,(H,13,14,15). The van der Waals surface area contributed by atoms with Crippen molar-refractivity contribution < 1.29 is 4.74 Å². The van der Waals surface area contributed by atoms with Crippen molar-refractivity contribution in [1.29, 1.82) is 0 Å². The Balaban J connectivity index is 2.34. The van der Waals surface area contributed by atoms with Gasteiger partial charge in [-0.2, -0.15) is 5.10 Å². The molecule has 0 aliphatic rings. The van der Waals surface area contributed by atoms with E-state index in [1.807, 2.05) is 6.07 Å². The molecule has 2 aromatic rings. The zero-order valence-electron chi connectivity index (χ0n) is 9.40. The molecule has 84 valence electrons. The van der Waals surface area contributed by atoms with Gasteiger partial charge in [-0.25, -0.2) is 4.98 Å². The molecule has 0 aromatic carbocycles. The number of nitrogens with one attached hydrogen (secondary N) is 1. The Bertz CT molecular complexity index is 467. The maximum atomic E-state index is 5.21. The van der Waals surface area contributed by atoms with Crippen LogP contribution in [0.2, 0.25) is 0 Å². The fourth-order valence-corrected chi connectivity index (χ4v) is 1.49. The van der Waals surface area contributed by atoms with Gasteiger partial charge >= 0.3 is 0 Å². The Morgan fingerprint density at radius 3 is 3.06 bits per heavy atom. The molecule has 5 nitrogen and oxygen atoms in total. The highest BCUT2D eigenvalue weighted by Crippen LogP contribution is 2.25. The lowest BCUT2D eigenvalue weighted by Crippen LogP contribution is -1.90. The molecule has 0 unspecified atom stereocenters. The van der Waals surface area contributed by atoms with Gasteiger partial charge < -0.3 is 4.74 Å². The number of ether oxygens (including phenoxy) is 1. The fourth-order valence-electron chi connectivity index (χ4n) is 1.49. The molecule has 0 amide bonds. The maximum absolute atomic E-state index is 5.21. The lowest BCUT2D eigenvalue weighted by molar-refractivity contribution is 0.414. The summed E-state index contributed by atoms with van der Waals surface area (Å²) in [5.41, 5.74) is 0.858. The molecule has 2 aromatic heterocycles. The summed E-state index contributed by atoms with van der Waals surface area (Å²) < 4.78 is 5.21. The number of hydrogen-bond donors (Lipinski definition) is 1. The second kappa shape index (κ2) is 4.74. The minimum Gasteiger partial charge on any atom is -0.494 e. The van der Waals surface area contributed by atoms with E-state index in [4.69, 9.17) is 4.74 Å². The number of aryl methyl sites for hydroxylation is 1. The third-order valence-corrected chi connectivity index (χ3v) is 2.26. The summed E-state index contributed by atoms with van der Waals surface area (Å²) in [7, 11) is 1.61. The second-order valence-electron chi connectivity index (χ2n) is 3.43. The summed E-state index contributed by atoms with van der Waals surface area (Å²) in [6, 6.07) is 1.84. The molecular formula is C11H14N4O. The topological polar surface area (TPSA) is 63.7 Å². The Labute approximate surface area is 93.9 Å². The number of methoxy groups -OCH3 is 1. The first-order valence-corrected chi connectivity index (χ1v) is 5.24. The fraction of sp³-hybridized carbons (Fsp3) is 0.364. The number of hydrogen-bond acceptors (Lipinski definition) is 4. The number of H-pyrrole nitrogens is 1. The second-order valence-corrected chi connectivity index (χ2v) is 3.43. The number of pyridine rings is 1. The highest BCUT2D eigenvalue weighted by atomic mass is 16.5. The molecule has 0 spiro atoms. The van der Waals surface area contributed by atoms with Crippen molar-refractivity contribution in [2.45, 2.75) is 19.8 Å². The van der Waals surface area contributed by atoms with E-state index in [0.717, 1.165) is 24.2 Å². The molecule has 0 fully saturated rings. The van der Waals surface area contributed by atoms with Crippen LogP contribution in [0.1, 0.15) is 19.2 Å². The molecule has 0 aliphatic carbocycles. The van der Waals surface area contributed by atoms with Gasteiger partial charge in [-0.05, 0) is 12.5 Å². The highest BCUT2D eigenvalue weighted by molar-refractivity contribution is 5.62. The van der Waals surface area contributed by atoms with Crippen molar-refractivity contribution in [2.24, 2.45) is 0 Å². The Kier molecular flexibility index (Phi) is 3.14. The van der Waals surface area contributed by atoms with Gasteiger partial charge in [-0.15, -0.1) is 0 Å². The molecule has 16 heavy (non-hydrogen) atoms. The molecule has 2 heterocycles. The van der Waals surface area contributed by atoms with Crippen molar-refractivity contribution in [3.63, 3.8) is 0 Å². The third kappa shape index (κ3) is 2.03. The monoisotopic (exact) mass is 218 g/mol. The first kappa shape index (κ1) is 10.6. The van der Waals surface area contributed by atoms with Crippen molar-refractivity contribution in [3.8, 4) is 17.1 Å². The van der Waals surface area contributed by atoms with E-state index < -0.39 is 0 Å². The zero-order chi connectivity index (χ0) is 11.4. The molecule has 0 saturated heterocycles. The lowest BCUT2D eigenvalue weighted by atomic mass is 10.2. The van der Waals surface area contributed by atoms with E-state index in [1.54, 1.807) is 19.5 Å². The van der Waals surface area contributed by atoms with Crippen LogP contribution < -0.4 is 4.74 Å². The summed E-state index contributed by atoms with van der Waals surface area (Å²) in [4.78, 5) is 8.40. The molecule has 0 radical (unpaired) electrons. The van der Waals surface area contributed by atoms with Crippen molar-refractivity contribution in [3.05, 3.63) is 24.3 Å². The van der Waals surface area contributed by atoms with E-state index in [0.29, 0.717) is 11.6 Å². The molecular weight excluding hydrogens is 204 g/mol. The van der Waals surface area contributed by atoms with Crippen LogP contribution in [0.25, 0.3) is 11.4 Å². The Morgan fingerprint density at radius 2 is 2.31 bits per heavy atom. The van der Waals surface area contributed by atoms with Crippen LogP contribution >= 0.6 is 0 Å². The highest BCUT2D eigenvalue weighted by Gasteiger charge is 2.10. The minimum atomic E-state index is 0.655. The van der Waals surface area contributed by atoms with Gasteiger partial charge in [-0.1, -0.05) is 6.92 Å². The zero-order valence-corrected chi connectivity index (χ0v) is 9.40. The first-order chi connectivity index (χ1) is 7.85. The van der Waals surface area contributed by atoms with Crippen LogP contribution in [0.3, 0.4) is 0 Å². The van der Waals surface area contributed by atoms with Gasteiger partial charge in [0.25, 0.3) is 0 Å². The van der Waals surface area contributed by atoms with Crippen LogP contribution in [0.5, 0.6) is 5.75 Å². The molecule has 0 bridgehead atoms. The smallest absolute Gasteiger partial charge is 0.184 e. The average Bonchev–Trinajstić information content (AvgIpc) is 2.78. The van der Waals surface area contributed by atoms with Gasteiger partial charge in [0.15, 0.2) is 5.82 Å². The summed E-state index contributed by atoms with van der Waals surface area (Å²) in [5.74, 6) is 2.24. The van der Waals surface area contributed by atoms with E-state index in [1.165, 1.54) is 0 Å². The number of nitrogens with zero attached hydrogens (tertiary/aromatic N) is 3. The number of aromatic nitrogens is 4. The number of rotatable bonds is 4. The van der Waals surface area contributed by atoms with E-state index in [9.17, 15) is 0 Å². The summed E-state index contributed by atoms with van der Waals surface area (Å²) in [6.45, 7) is 2.11. The minimum absolute atomic E-state index is 0.655. The predicted molar refractivity (Wildman–Crippen MR) is 60.2 cm³/mol. The largest absolute Gasteiger partial charge is 0.494 e. The molecule has 2 rings (SSSR count). The van der Waals surface area contributed by atoms with Crippen LogP contribution in [0.15, 0.2) is 18.5 Å². The summed E-state index contributed by atoms with van der Waals surface area (Å²) >= 11 is 0. The van der Waals surface area contributed by atoms with Gasteiger partial charge in [0, 0.05) is 12.6 Å². The maximum Gasteiger partial charge on any atom is 0.184 e. The quantitative estimate of drug-likeness (QED) is 0.850. The van der Waals surface area contributed by atoms with Crippen LogP contribution in [-0.4, -0.2) is 27.3 Å². The van der Waals surface area contributed by atoms with Gasteiger partial charge in [0.2, 0.25) is 0 Å². The summed E-state index contributed by atoms with van der Waals surface area (Å²) in [5, 5.41) is 7.09. The van der Waals surface area contributed by atoms with Gasteiger partial charge in [0.05, 0.1) is 18.9 Å². The van der Waals surface area contributed by atoms with E-state index in [2.05, 4.69) is 27.1 Å². The van der Waals surface area contributed by atoms with Gasteiger partial charge in [-0.3, -0.25) is 10.1 Å². The van der Waals surface area contributed by atoms with Crippen molar-refractivity contribution in [2.75, 3.05) is 7.11 Å². The Hall–Kier alpha value is -1.91. The lowest BCUT2D eigenvalue weighted by Gasteiger charge is -2.02. The normalized spacial score (nSPS) is 10.4. The molecule has 1 N–H and O–H groups in total. The van der Waals surface area contributed by atoms with Crippen LogP contribution in [-0.2, 0) is 6.42 Å².